The van der Waals surface area contributed by atoms with E-state index >= 15 is 0 Å². The summed E-state index contributed by atoms with van der Waals surface area (Å²) in [7, 11) is 1.67. The molecule has 0 fully saturated rings. The lowest BCUT2D eigenvalue weighted by atomic mass is 10.0. The molecule has 1 amide bonds. The summed E-state index contributed by atoms with van der Waals surface area (Å²) in [6, 6.07) is 21.6. The van der Waals surface area contributed by atoms with Crippen LogP contribution in [-0.2, 0) is 6.54 Å². The second-order valence-electron chi connectivity index (χ2n) is 7.90. The van der Waals surface area contributed by atoms with Crippen LogP contribution in [0.4, 0.5) is 5.69 Å². The third-order valence-corrected chi connectivity index (χ3v) is 5.85. The largest absolute Gasteiger partial charge is 0.496 e. The van der Waals surface area contributed by atoms with Crippen molar-refractivity contribution in [1.29, 1.82) is 0 Å². The zero-order valence-corrected chi connectivity index (χ0v) is 18.2. The number of benzene rings is 3. The Labute approximate surface area is 186 Å². The minimum Gasteiger partial charge on any atom is -0.496 e. The van der Waals surface area contributed by atoms with E-state index in [-0.39, 0.29) is 12.1 Å². The molecule has 0 spiro atoms. The topological polar surface area (TPSA) is 72.3 Å². The molecule has 7 nitrogen and oxygen atoms in total. The molecule has 162 valence electrons. The van der Waals surface area contributed by atoms with Crippen LogP contribution in [0, 0.1) is 0 Å². The zero-order chi connectivity index (χ0) is 22.1. The molecule has 0 saturated heterocycles. The molecule has 3 aromatic carbocycles. The van der Waals surface area contributed by atoms with Gasteiger partial charge >= 0.3 is 0 Å². The van der Waals surface area contributed by atoms with Crippen molar-refractivity contribution in [3.63, 3.8) is 0 Å². The molecule has 0 bridgehead atoms. The van der Waals surface area contributed by atoms with Gasteiger partial charge in [-0.25, -0.2) is 4.68 Å². The second kappa shape index (κ2) is 8.34. The van der Waals surface area contributed by atoms with Crippen molar-refractivity contribution < 1.29 is 9.53 Å². The Morgan fingerprint density at radius 3 is 2.72 bits per heavy atom. The van der Waals surface area contributed by atoms with Gasteiger partial charge in [-0.15, -0.1) is 5.10 Å². The quantitative estimate of drug-likeness (QED) is 0.492. The molecule has 1 aromatic heterocycles. The summed E-state index contributed by atoms with van der Waals surface area (Å²) in [6.07, 6.45) is 0.620. The molecule has 2 heterocycles. The van der Waals surface area contributed by atoms with Crippen molar-refractivity contribution in [2.45, 2.75) is 26.1 Å². The Morgan fingerprint density at radius 1 is 1.06 bits per heavy atom. The predicted octanol–water partition coefficient (Wildman–Crippen LogP) is 4.46. The molecule has 1 N–H and O–H groups in total. The number of ether oxygens (including phenoxy) is 1. The van der Waals surface area contributed by atoms with Crippen LogP contribution in [0.3, 0.4) is 0 Å². The van der Waals surface area contributed by atoms with Crippen molar-refractivity contribution in [3.05, 3.63) is 83.4 Å². The highest BCUT2D eigenvalue weighted by molar-refractivity contribution is 6.01. The first-order valence-electron chi connectivity index (χ1n) is 10.8. The smallest absolute Gasteiger partial charge is 0.257 e. The maximum Gasteiger partial charge on any atom is 0.257 e. The van der Waals surface area contributed by atoms with Crippen LogP contribution in [0.25, 0.3) is 11.0 Å². The van der Waals surface area contributed by atoms with E-state index in [4.69, 9.17) is 4.74 Å². The van der Waals surface area contributed by atoms with E-state index in [1.807, 2.05) is 70.2 Å². The van der Waals surface area contributed by atoms with E-state index in [0.29, 0.717) is 18.7 Å². The van der Waals surface area contributed by atoms with Crippen LogP contribution in [0.5, 0.6) is 5.75 Å². The molecule has 0 aliphatic carbocycles. The molecule has 0 saturated carbocycles. The number of hydrogen-bond acceptors (Lipinski definition) is 5. The number of carbonyl (C=O) groups is 1. The van der Waals surface area contributed by atoms with Crippen molar-refractivity contribution in [2.75, 3.05) is 19.0 Å². The van der Waals surface area contributed by atoms with Gasteiger partial charge < -0.3 is 15.0 Å². The Hall–Kier alpha value is -3.87. The Bertz CT molecular complexity index is 1280. The highest BCUT2D eigenvalue weighted by atomic mass is 16.5. The summed E-state index contributed by atoms with van der Waals surface area (Å²) in [6.45, 7) is 3.27. The number of nitrogens with one attached hydrogen (secondary N) is 1. The van der Waals surface area contributed by atoms with Gasteiger partial charge in [-0.2, -0.15) is 0 Å². The number of amides is 1. The first-order chi connectivity index (χ1) is 15.7. The van der Waals surface area contributed by atoms with Gasteiger partial charge in [0.25, 0.3) is 5.91 Å². The van der Waals surface area contributed by atoms with Crippen LogP contribution >= 0.6 is 0 Å². The number of fused-ring (bicyclic) bond motifs is 2. The second-order valence-corrected chi connectivity index (χ2v) is 7.90. The minimum absolute atomic E-state index is 0.0471. The highest BCUT2D eigenvalue weighted by Crippen LogP contribution is 2.35. The molecular formula is C25H25N5O2. The van der Waals surface area contributed by atoms with Crippen LogP contribution in [0.15, 0.2) is 66.7 Å². The molecule has 5 rings (SSSR count). The van der Waals surface area contributed by atoms with Gasteiger partial charge in [-0.05, 0) is 48.4 Å². The Morgan fingerprint density at radius 2 is 1.88 bits per heavy atom. The van der Waals surface area contributed by atoms with Gasteiger partial charge in [0.2, 0.25) is 0 Å². The molecule has 32 heavy (non-hydrogen) atoms. The molecule has 1 aliphatic rings. The fraction of sp³-hybridized carbons (Fsp3) is 0.240. The summed E-state index contributed by atoms with van der Waals surface area (Å²) < 4.78 is 7.51. The summed E-state index contributed by atoms with van der Waals surface area (Å²) in [4.78, 5) is 15.1. The molecule has 4 aromatic rings. The average molecular weight is 428 g/mol. The fourth-order valence-electron chi connectivity index (χ4n) is 4.32. The molecule has 1 atom stereocenters. The molecule has 1 unspecified atom stereocenters. The average Bonchev–Trinajstić information content (AvgIpc) is 3.24. The van der Waals surface area contributed by atoms with E-state index in [1.54, 1.807) is 7.11 Å². The molecule has 0 radical (unpaired) electrons. The van der Waals surface area contributed by atoms with Crippen molar-refractivity contribution in [3.8, 4) is 5.75 Å². The Kier molecular flexibility index (Phi) is 5.23. The lowest BCUT2D eigenvalue weighted by molar-refractivity contribution is 0.0683. The molecular weight excluding hydrogens is 402 g/mol. The van der Waals surface area contributed by atoms with E-state index in [9.17, 15) is 4.79 Å². The van der Waals surface area contributed by atoms with E-state index < -0.39 is 0 Å². The van der Waals surface area contributed by atoms with Crippen molar-refractivity contribution in [2.24, 2.45) is 0 Å². The Balaban J connectivity index is 1.54. The van der Waals surface area contributed by atoms with Crippen molar-refractivity contribution in [1.82, 2.24) is 19.9 Å². The number of para-hydroxylation sites is 2. The van der Waals surface area contributed by atoms with Crippen LogP contribution in [0.1, 0.15) is 41.0 Å². The number of anilines is 1. The monoisotopic (exact) mass is 427 g/mol. The zero-order valence-electron chi connectivity index (χ0n) is 18.2. The lowest BCUT2D eigenvalue weighted by Crippen LogP contribution is -2.43. The third-order valence-electron chi connectivity index (χ3n) is 5.85. The van der Waals surface area contributed by atoms with E-state index in [1.165, 1.54) is 0 Å². The SMILES string of the molecule is CCCN1C(=O)c2ccccc2NC1c1ccc(OC)c(Cn2nnc3ccccc32)c1. The van der Waals surface area contributed by atoms with Gasteiger partial charge in [0.1, 0.15) is 17.4 Å². The van der Waals surface area contributed by atoms with Gasteiger partial charge in [0.15, 0.2) is 0 Å². The maximum atomic E-state index is 13.2. The van der Waals surface area contributed by atoms with Gasteiger partial charge in [-0.3, -0.25) is 4.79 Å². The summed E-state index contributed by atoms with van der Waals surface area (Å²) in [5.74, 6) is 0.823. The van der Waals surface area contributed by atoms with Crippen LogP contribution in [0.2, 0.25) is 0 Å². The third kappa shape index (κ3) is 3.45. The van der Waals surface area contributed by atoms with Crippen molar-refractivity contribution >= 4 is 22.6 Å². The first-order valence-corrected chi connectivity index (χ1v) is 10.8. The van der Waals surface area contributed by atoms with E-state index in [0.717, 1.165) is 40.0 Å². The number of nitrogens with zero attached hydrogens (tertiary/aromatic N) is 4. The molecule has 7 heteroatoms. The maximum absolute atomic E-state index is 13.2. The molecule has 1 aliphatic heterocycles. The summed E-state index contributed by atoms with van der Waals surface area (Å²) in [5.41, 5.74) is 5.36. The lowest BCUT2D eigenvalue weighted by Gasteiger charge is -2.38. The standard InChI is InChI=1S/C25H25N5O2/c1-3-14-29-24(26-20-9-5-4-8-19(20)25(29)31)17-12-13-23(32-2)18(15-17)16-30-22-11-7-6-10-21(22)27-28-30/h4-13,15,24,26H,3,14,16H2,1-2H3. The number of carbonyl (C=O) groups excluding carboxylic acids is 1. The highest BCUT2D eigenvalue weighted by Gasteiger charge is 2.32. The van der Waals surface area contributed by atoms with Gasteiger partial charge in [-0.1, -0.05) is 42.5 Å². The summed E-state index contributed by atoms with van der Waals surface area (Å²) >= 11 is 0. The van der Waals surface area contributed by atoms with Crippen LogP contribution < -0.4 is 10.1 Å². The normalized spacial score (nSPS) is 15.5. The number of methoxy groups -OCH3 is 1. The van der Waals surface area contributed by atoms with Gasteiger partial charge in [0.05, 0.1) is 24.7 Å². The first kappa shape index (κ1) is 20.1. The number of rotatable bonds is 6. The summed E-state index contributed by atoms with van der Waals surface area (Å²) in [5, 5.41) is 12.1. The van der Waals surface area contributed by atoms with E-state index in [2.05, 4.69) is 28.6 Å². The predicted molar refractivity (Wildman–Crippen MR) is 124 cm³/mol. The van der Waals surface area contributed by atoms with Crippen LogP contribution in [-0.4, -0.2) is 39.5 Å². The van der Waals surface area contributed by atoms with Gasteiger partial charge in [0, 0.05) is 17.8 Å². The number of hydrogen-bond donors (Lipinski definition) is 1. The number of aromatic nitrogens is 3. The minimum atomic E-state index is -0.255. The fourth-order valence-corrected chi connectivity index (χ4v) is 4.32.